The van der Waals surface area contributed by atoms with Crippen LogP contribution < -0.4 is 0 Å². The highest BCUT2D eigenvalue weighted by Gasteiger charge is 2.05. The Morgan fingerprint density at radius 2 is 2.14 bits per heavy atom. The molecule has 2 aromatic heterocycles. The van der Waals surface area contributed by atoms with Gasteiger partial charge in [0.2, 0.25) is 0 Å². The first-order valence-corrected chi connectivity index (χ1v) is 6.31. The first kappa shape index (κ1) is 14.6. The van der Waals surface area contributed by atoms with Crippen molar-refractivity contribution in [3.05, 3.63) is 66.0 Å². The molecule has 0 bridgehead atoms. The number of aldehydes is 1. The fourth-order valence-electron chi connectivity index (χ4n) is 1.68. The zero-order valence-corrected chi connectivity index (χ0v) is 11.7. The molecule has 0 aliphatic rings. The summed E-state index contributed by atoms with van der Waals surface area (Å²) in [5, 5.41) is 0. The van der Waals surface area contributed by atoms with Crippen LogP contribution in [0.25, 0.3) is 5.69 Å². The second-order valence-corrected chi connectivity index (χ2v) is 4.49. The van der Waals surface area contributed by atoms with Gasteiger partial charge in [-0.2, -0.15) is 0 Å². The Bertz CT molecular complexity index is 719. The minimum atomic E-state index is -0.433. The summed E-state index contributed by atoms with van der Waals surface area (Å²) in [6.45, 7) is 3.79. The maximum Gasteiger partial charge on any atom is 0.150 e. The third-order valence-electron chi connectivity index (χ3n) is 2.73. The summed E-state index contributed by atoms with van der Waals surface area (Å²) in [4.78, 5) is 21.1. The van der Waals surface area contributed by atoms with Crippen LogP contribution in [-0.2, 0) is 0 Å². The quantitative estimate of drug-likeness (QED) is 0.737. The van der Waals surface area contributed by atoms with Crippen LogP contribution in [0.1, 0.15) is 21.7 Å². The second-order valence-electron chi connectivity index (χ2n) is 4.49. The number of nitrogens with one attached hydrogen (secondary N) is 1. The lowest BCUT2D eigenvalue weighted by atomic mass is 10.2. The van der Waals surface area contributed by atoms with Gasteiger partial charge in [0, 0.05) is 23.7 Å². The normalized spacial score (nSPS) is 9.86. The van der Waals surface area contributed by atoms with Crippen LogP contribution >= 0.6 is 0 Å². The minimum absolute atomic E-state index is 0.327. The molecule has 0 saturated carbocycles. The van der Waals surface area contributed by atoms with E-state index in [4.69, 9.17) is 0 Å². The first-order valence-electron chi connectivity index (χ1n) is 6.31. The zero-order valence-electron chi connectivity index (χ0n) is 11.7. The van der Waals surface area contributed by atoms with Gasteiger partial charge in [0.1, 0.15) is 12.1 Å². The van der Waals surface area contributed by atoms with Gasteiger partial charge >= 0.3 is 0 Å². The van der Waals surface area contributed by atoms with Crippen molar-refractivity contribution in [1.29, 1.82) is 0 Å². The van der Waals surface area contributed by atoms with Crippen molar-refractivity contribution < 1.29 is 9.18 Å². The molecule has 3 aromatic rings. The molecule has 2 heterocycles. The van der Waals surface area contributed by atoms with Crippen molar-refractivity contribution in [2.24, 2.45) is 0 Å². The van der Waals surface area contributed by atoms with E-state index in [0.29, 0.717) is 17.5 Å². The number of halogens is 1. The molecule has 0 amide bonds. The molecule has 1 aromatic carbocycles. The molecule has 0 atom stereocenters. The monoisotopic (exact) mass is 286 g/mol. The summed E-state index contributed by atoms with van der Waals surface area (Å²) in [5.41, 5.74) is 2.64. The molecule has 21 heavy (non-hydrogen) atoms. The van der Waals surface area contributed by atoms with Crippen molar-refractivity contribution in [1.82, 2.24) is 19.5 Å². The van der Waals surface area contributed by atoms with E-state index in [1.54, 1.807) is 35.4 Å². The number of carbonyl (C=O) groups excluding carboxylic acids is 1. The Labute approximate surface area is 121 Å². The van der Waals surface area contributed by atoms with Crippen LogP contribution in [0, 0.1) is 19.7 Å². The average molecular weight is 286 g/mol. The van der Waals surface area contributed by atoms with Crippen molar-refractivity contribution in [2.45, 2.75) is 13.8 Å². The maximum atomic E-state index is 13.5. The van der Waals surface area contributed by atoms with Gasteiger partial charge in [-0.15, -0.1) is 0 Å². The molecule has 0 unspecified atom stereocenters. The number of aromatic amines is 1. The predicted octanol–water partition coefficient (Wildman–Crippen LogP) is 2.85. The molecule has 0 aliphatic carbocycles. The number of aryl methyl sites for hydroxylation is 2. The SMILES string of the molecule is Cc1cn(-c2ccc(C=O)cc2F)cn1.Cc1cnc[nH]1. The van der Waals surface area contributed by atoms with Gasteiger partial charge in [0.05, 0.1) is 24.0 Å². The maximum absolute atomic E-state index is 13.5. The second kappa shape index (κ2) is 6.60. The van der Waals surface area contributed by atoms with Crippen molar-refractivity contribution in [3.8, 4) is 5.69 Å². The molecular formula is C15H15FN4O. The van der Waals surface area contributed by atoms with E-state index in [-0.39, 0.29) is 0 Å². The molecular weight excluding hydrogens is 271 g/mol. The smallest absolute Gasteiger partial charge is 0.150 e. The number of imidazole rings is 2. The van der Waals surface area contributed by atoms with Gasteiger partial charge in [-0.1, -0.05) is 0 Å². The van der Waals surface area contributed by atoms with Gasteiger partial charge in [-0.3, -0.25) is 4.79 Å². The average Bonchev–Trinajstić information content (AvgIpc) is 3.10. The first-order chi connectivity index (χ1) is 10.1. The zero-order chi connectivity index (χ0) is 15.2. The topological polar surface area (TPSA) is 63.6 Å². The molecule has 1 N–H and O–H groups in total. The van der Waals surface area contributed by atoms with E-state index in [9.17, 15) is 9.18 Å². The van der Waals surface area contributed by atoms with Gasteiger partial charge in [0.15, 0.2) is 0 Å². The summed E-state index contributed by atoms with van der Waals surface area (Å²) < 4.78 is 15.1. The van der Waals surface area contributed by atoms with Crippen LogP contribution in [0.5, 0.6) is 0 Å². The molecule has 0 saturated heterocycles. The van der Waals surface area contributed by atoms with E-state index in [1.165, 1.54) is 12.4 Å². The van der Waals surface area contributed by atoms with Gasteiger partial charge in [-0.25, -0.2) is 14.4 Å². The summed E-state index contributed by atoms with van der Waals surface area (Å²) in [7, 11) is 0. The summed E-state index contributed by atoms with van der Waals surface area (Å²) in [5.74, 6) is -0.433. The van der Waals surface area contributed by atoms with Crippen molar-refractivity contribution >= 4 is 6.29 Å². The van der Waals surface area contributed by atoms with E-state index >= 15 is 0 Å². The van der Waals surface area contributed by atoms with E-state index in [2.05, 4.69) is 15.0 Å². The standard InChI is InChI=1S/C11H9FN2O.C4H6N2/c1-8-5-14(7-13-8)11-3-2-9(6-15)4-10(11)12;1-4-2-5-3-6-4/h2-7H,1H3;2-3H,1H3,(H,5,6). The van der Waals surface area contributed by atoms with E-state index in [1.807, 2.05) is 13.8 Å². The van der Waals surface area contributed by atoms with Gasteiger partial charge in [0.25, 0.3) is 0 Å². The third kappa shape index (κ3) is 3.85. The largest absolute Gasteiger partial charge is 0.349 e. The molecule has 0 fully saturated rings. The molecule has 6 heteroatoms. The Hall–Kier alpha value is -2.76. The lowest BCUT2D eigenvalue weighted by Crippen LogP contribution is -1.95. The van der Waals surface area contributed by atoms with Gasteiger partial charge in [-0.05, 0) is 32.0 Å². The van der Waals surface area contributed by atoms with Crippen molar-refractivity contribution in [3.63, 3.8) is 0 Å². The Morgan fingerprint density at radius 3 is 2.57 bits per heavy atom. The number of carbonyl (C=O) groups is 1. The number of hydrogen-bond acceptors (Lipinski definition) is 3. The minimum Gasteiger partial charge on any atom is -0.349 e. The predicted molar refractivity (Wildman–Crippen MR) is 77.0 cm³/mol. The van der Waals surface area contributed by atoms with Crippen LogP contribution in [-0.4, -0.2) is 25.8 Å². The Balaban J connectivity index is 0.000000225. The fraction of sp³-hybridized carbons (Fsp3) is 0.133. The van der Waals surface area contributed by atoms with Crippen LogP contribution in [0.4, 0.5) is 4.39 Å². The summed E-state index contributed by atoms with van der Waals surface area (Å²) in [6.07, 6.45) is 7.31. The number of hydrogen-bond donors (Lipinski definition) is 1. The van der Waals surface area contributed by atoms with Crippen LogP contribution in [0.2, 0.25) is 0 Å². The Morgan fingerprint density at radius 1 is 1.33 bits per heavy atom. The van der Waals surface area contributed by atoms with Crippen molar-refractivity contribution in [2.75, 3.05) is 0 Å². The molecule has 0 spiro atoms. The highest BCUT2D eigenvalue weighted by atomic mass is 19.1. The van der Waals surface area contributed by atoms with E-state index < -0.39 is 5.82 Å². The van der Waals surface area contributed by atoms with Crippen LogP contribution in [0.3, 0.4) is 0 Å². The third-order valence-corrected chi connectivity index (χ3v) is 2.73. The van der Waals surface area contributed by atoms with Crippen LogP contribution in [0.15, 0.2) is 43.2 Å². The van der Waals surface area contributed by atoms with E-state index in [0.717, 1.165) is 11.4 Å². The fourth-order valence-corrected chi connectivity index (χ4v) is 1.68. The molecule has 0 aliphatic heterocycles. The number of benzene rings is 1. The molecule has 0 radical (unpaired) electrons. The molecule has 3 rings (SSSR count). The summed E-state index contributed by atoms with van der Waals surface area (Å²) >= 11 is 0. The molecule has 108 valence electrons. The number of H-pyrrole nitrogens is 1. The lowest BCUT2D eigenvalue weighted by Gasteiger charge is -2.03. The molecule has 5 nitrogen and oxygen atoms in total. The summed E-state index contributed by atoms with van der Waals surface area (Å²) in [6, 6.07) is 4.33. The number of aromatic nitrogens is 4. The highest BCUT2D eigenvalue weighted by Crippen LogP contribution is 2.14. The number of nitrogens with zero attached hydrogens (tertiary/aromatic N) is 3. The number of rotatable bonds is 2. The highest BCUT2D eigenvalue weighted by molar-refractivity contribution is 5.75. The van der Waals surface area contributed by atoms with Gasteiger partial charge < -0.3 is 9.55 Å². The lowest BCUT2D eigenvalue weighted by molar-refractivity contribution is 0.112. The Kier molecular flexibility index (Phi) is 4.61.